The summed E-state index contributed by atoms with van der Waals surface area (Å²) in [6.07, 6.45) is 4.23. The summed E-state index contributed by atoms with van der Waals surface area (Å²) in [6.45, 7) is 4.17. The average Bonchev–Trinajstić information content (AvgIpc) is 3.11. The van der Waals surface area contributed by atoms with Crippen LogP contribution in [-0.2, 0) is 11.3 Å². The van der Waals surface area contributed by atoms with E-state index in [-0.39, 0.29) is 17.8 Å². The minimum Gasteiger partial charge on any atom is -0.354 e. The van der Waals surface area contributed by atoms with E-state index in [2.05, 4.69) is 31.5 Å². The summed E-state index contributed by atoms with van der Waals surface area (Å²) in [7, 11) is 0. The molecule has 2 N–H and O–H groups in total. The molecular weight excluding hydrogens is 373 g/mol. The molecule has 4 nitrogen and oxygen atoms in total. The molecule has 2 atom stereocenters. The Kier molecular flexibility index (Phi) is 6.25. The van der Waals surface area contributed by atoms with E-state index in [1.807, 2.05) is 6.07 Å². The van der Waals surface area contributed by atoms with Crippen LogP contribution in [0.1, 0.15) is 31.2 Å². The molecule has 2 heterocycles. The normalized spacial score (nSPS) is 24.9. The monoisotopic (exact) mass is 397 g/mol. The number of nitrogens with zero attached hydrogens (tertiary/aromatic N) is 1. The molecule has 24 heavy (non-hydrogen) atoms. The minimum atomic E-state index is -0.152. The third-order valence-corrected chi connectivity index (χ3v) is 5.44. The Morgan fingerprint density at radius 1 is 1.38 bits per heavy atom. The maximum absolute atomic E-state index is 13.9. The van der Waals surface area contributed by atoms with E-state index in [4.69, 9.17) is 0 Å². The van der Waals surface area contributed by atoms with Crippen LogP contribution in [0.5, 0.6) is 0 Å². The molecular formula is C18H25BrFN3O. The third-order valence-electron chi connectivity index (χ3n) is 4.95. The molecule has 0 aromatic heterocycles. The lowest BCUT2D eigenvalue weighted by molar-refractivity contribution is -0.123. The van der Waals surface area contributed by atoms with Crippen LogP contribution >= 0.6 is 15.9 Å². The number of halogens is 2. The van der Waals surface area contributed by atoms with Crippen molar-refractivity contribution in [2.75, 3.05) is 26.2 Å². The van der Waals surface area contributed by atoms with Crippen LogP contribution in [0.3, 0.4) is 0 Å². The van der Waals surface area contributed by atoms with Crippen LogP contribution in [0.4, 0.5) is 4.39 Å². The van der Waals surface area contributed by atoms with Crippen molar-refractivity contribution >= 4 is 21.8 Å². The first-order valence-electron chi connectivity index (χ1n) is 8.79. The van der Waals surface area contributed by atoms with Crippen molar-refractivity contribution in [3.8, 4) is 0 Å². The first-order chi connectivity index (χ1) is 11.6. The van der Waals surface area contributed by atoms with E-state index in [1.165, 1.54) is 6.07 Å². The Morgan fingerprint density at radius 2 is 2.25 bits per heavy atom. The SMILES string of the molecule is O=C(NCC1CCCN(Cc2cc(Br)ccc2F)C1)C1CCCN1. The number of hydrogen-bond donors (Lipinski definition) is 2. The lowest BCUT2D eigenvalue weighted by Crippen LogP contribution is -2.45. The number of amides is 1. The van der Waals surface area contributed by atoms with Gasteiger partial charge in [-0.3, -0.25) is 9.69 Å². The summed E-state index contributed by atoms with van der Waals surface area (Å²) in [5, 5.41) is 6.32. The summed E-state index contributed by atoms with van der Waals surface area (Å²) >= 11 is 3.41. The summed E-state index contributed by atoms with van der Waals surface area (Å²) in [4.78, 5) is 14.4. The van der Waals surface area contributed by atoms with Gasteiger partial charge in [-0.15, -0.1) is 0 Å². The number of carbonyl (C=O) groups is 1. The number of likely N-dealkylation sites (tertiary alicyclic amines) is 1. The highest BCUT2D eigenvalue weighted by atomic mass is 79.9. The number of nitrogens with one attached hydrogen (secondary N) is 2. The molecule has 2 saturated heterocycles. The van der Waals surface area contributed by atoms with E-state index in [0.29, 0.717) is 19.0 Å². The molecule has 1 amide bonds. The second kappa shape index (κ2) is 8.41. The maximum atomic E-state index is 13.9. The Balaban J connectivity index is 1.49. The zero-order chi connectivity index (χ0) is 16.9. The van der Waals surface area contributed by atoms with Gasteiger partial charge in [0.25, 0.3) is 0 Å². The first-order valence-corrected chi connectivity index (χ1v) is 9.58. The predicted molar refractivity (Wildman–Crippen MR) is 96.1 cm³/mol. The van der Waals surface area contributed by atoms with Crippen molar-refractivity contribution in [1.82, 2.24) is 15.5 Å². The van der Waals surface area contributed by atoms with Crippen LogP contribution in [0.25, 0.3) is 0 Å². The number of hydrogen-bond acceptors (Lipinski definition) is 3. The van der Waals surface area contributed by atoms with Gasteiger partial charge in [-0.25, -0.2) is 4.39 Å². The van der Waals surface area contributed by atoms with Gasteiger partial charge in [0.15, 0.2) is 0 Å². The second-order valence-electron chi connectivity index (χ2n) is 6.87. The van der Waals surface area contributed by atoms with Crippen LogP contribution in [0, 0.1) is 11.7 Å². The van der Waals surface area contributed by atoms with Gasteiger partial charge in [-0.05, 0) is 62.9 Å². The number of rotatable bonds is 5. The third kappa shape index (κ3) is 4.77. The Hall–Kier alpha value is -0.980. The van der Waals surface area contributed by atoms with Gasteiger partial charge < -0.3 is 10.6 Å². The van der Waals surface area contributed by atoms with Crippen LogP contribution < -0.4 is 10.6 Å². The molecule has 1 aromatic carbocycles. The number of piperidine rings is 1. The zero-order valence-electron chi connectivity index (χ0n) is 13.9. The number of benzene rings is 1. The van der Waals surface area contributed by atoms with E-state index in [0.717, 1.165) is 55.4 Å². The van der Waals surface area contributed by atoms with E-state index < -0.39 is 0 Å². The summed E-state index contributed by atoms with van der Waals surface area (Å²) in [5.74, 6) is 0.419. The lowest BCUT2D eigenvalue weighted by atomic mass is 9.97. The fourth-order valence-corrected chi connectivity index (χ4v) is 4.05. The highest BCUT2D eigenvalue weighted by molar-refractivity contribution is 9.10. The molecule has 2 aliphatic heterocycles. The highest BCUT2D eigenvalue weighted by Crippen LogP contribution is 2.21. The molecule has 6 heteroatoms. The van der Waals surface area contributed by atoms with Crippen LogP contribution in [0.15, 0.2) is 22.7 Å². The molecule has 3 rings (SSSR count). The topological polar surface area (TPSA) is 44.4 Å². The van der Waals surface area contributed by atoms with Gasteiger partial charge in [-0.1, -0.05) is 15.9 Å². The maximum Gasteiger partial charge on any atom is 0.237 e. The van der Waals surface area contributed by atoms with Crippen LogP contribution in [0.2, 0.25) is 0 Å². The standard InChI is InChI=1S/C18H25BrFN3O/c19-15-5-6-16(20)14(9-15)12-23-8-2-3-13(11-23)10-22-18(24)17-4-1-7-21-17/h5-6,9,13,17,21H,1-4,7-8,10-12H2,(H,22,24). The van der Waals surface area contributed by atoms with Gasteiger partial charge >= 0.3 is 0 Å². The van der Waals surface area contributed by atoms with Gasteiger partial charge in [0, 0.05) is 29.7 Å². The molecule has 0 spiro atoms. The van der Waals surface area contributed by atoms with Crippen molar-refractivity contribution in [3.05, 3.63) is 34.1 Å². The molecule has 0 bridgehead atoms. The van der Waals surface area contributed by atoms with E-state index >= 15 is 0 Å². The van der Waals surface area contributed by atoms with Crippen molar-refractivity contribution in [1.29, 1.82) is 0 Å². The summed E-state index contributed by atoms with van der Waals surface area (Å²) < 4.78 is 14.8. The van der Waals surface area contributed by atoms with Gasteiger partial charge in [0.1, 0.15) is 5.82 Å². The molecule has 0 radical (unpaired) electrons. The molecule has 2 aliphatic rings. The van der Waals surface area contributed by atoms with Gasteiger partial charge in [0.05, 0.1) is 6.04 Å². The van der Waals surface area contributed by atoms with Crippen molar-refractivity contribution < 1.29 is 9.18 Å². The minimum absolute atomic E-state index is 0.0135. The Morgan fingerprint density at radius 3 is 3.04 bits per heavy atom. The van der Waals surface area contributed by atoms with Crippen molar-refractivity contribution in [2.45, 2.75) is 38.3 Å². The van der Waals surface area contributed by atoms with Crippen LogP contribution in [-0.4, -0.2) is 43.0 Å². The van der Waals surface area contributed by atoms with E-state index in [1.54, 1.807) is 6.07 Å². The molecule has 2 fully saturated rings. The molecule has 132 valence electrons. The van der Waals surface area contributed by atoms with Gasteiger partial charge in [0.2, 0.25) is 5.91 Å². The highest BCUT2D eigenvalue weighted by Gasteiger charge is 2.25. The molecule has 0 saturated carbocycles. The molecule has 2 unspecified atom stereocenters. The van der Waals surface area contributed by atoms with E-state index in [9.17, 15) is 9.18 Å². The Bertz CT molecular complexity index is 577. The zero-order valence-corrected chi connectivity index (χ0v) is 15.4. The Labute approximate surface area is 151 Å². The largest absolute Gasteiger partial charge is 0.354 e. The van der Waals surface area contributed by atoms with Crippen molar-refractivity contribution in [3.63, 3.8) is 0 Å². The molecule has 0 aliphatic carbocycles. The van der Waals surface area contributed by atoms with Crippen molar-refractivity contribution in [2.24, 2.45) is 5.92 Å². The smallest absolute Gasteiger partial charge is 0.237 e. The average molecular weight is 398 g/mol. The quantitative estimate of drug-likeness (QED) is 0.802. The lowest BCUT2D eigenvalue weighted by Gasteiger charge is -2.33. The van der Waals surface area contributed by atoms with Gasteiger partial charge in [-0.2, -0.15) is 0 Å². The molecule has 1 aromatic rings. The number of carbonyl (C=O) groups excluding carboxylic acids is 1. The predicted octanol–water partition coefficient (Wildman–Crippen LogP) is 2.67. The first kappa shape index (κ1) is 17.8. The summed E-state index contributed by atoms with van der Waals surface area (Å²) in [6, 6.07) is 5.08. The summed E-state index contributed by atoms with van der Waals surface area (Å²) in [5.41, 5.74) is 0.726. The fourth-order valence-electron chi connectivity index (χ4n) is 3.64. The fraction of sp³-hybridized carbons (Fsp3) is 0.611. The second-order valence-corrected chi connectivity index (χ2v) is 7.79.